The molecule has 0 saturated heterocycles. The van der Waals surface area contributed by atoms with Crippen LogP contribution in [0.15, 0.2) is 45.4 Å². The Bertz CT molecular complexity index is 1530. The predicted molar refractivity (Wildman–Crippen MR) is 114 cm³/mol. The third-order valence-electron chi connectivity index (χ3n) is 4.63. The number of ether oxygens (including phenoxy) is 1. The molecular formula is C20H13F4N5O4S. The maximum atomic E-state index is 14.0. The van der Waals surface area contributed by atoms with Gasteiger partial charge in [0.05, 0.1) is 28.7 Å². The predicted octanol–water partition coefficient (Wildman–Crippen LogP) is 2.96. The van der Waals surface area contributed by atoms with E-state index in [0.717, 1.165) is 28.0 Å². The number of rotatable bonds is 5. The van der Waals surface area contributed by atoms with Crippen LogP contribution >= 0.6 is 11.3 Å². The summed E-state index contributed by atoms with van der Waals surface area (Å²) in [6, 6.07) is 4.29. The Morgan fingerprint density at radius 2 is 2.03 bits per heavy atom. The van der Waals surface area contributed by atoms with Crippen molar-refractivity contribution in [3.8, 4) is 17.0 Å². The molecule has 0 spiro atoms. The number of carbonyl (C=O) groups excluding carboxylic acids is 1. The molecule has 4 aromatic rings. The van der Waals surface area contributed by atoms with E-state index in [9.17, 15) is 31.9 Å². The smallest absolute Gasteiger partial charge is 0.403 e. The van der Waals surface area contributed by atoms with E-state index in [4.69, 9.17) is 0 Å². The number of amides is 1. The van der Waals surface area contributed by atoms with E-state index in [1.54, 1.807) is 0 Å². The number of alkyl halides is 3. The standard InChI is InChI=1S/C20H13F4N5O4S/c1-29-17(31)16-11(27-19(29)32)4-5-25-12(16)7-15(30)28-18-26-13(8-34-18)9-2-3-14(10(21)6-9)33-20(22,23)24/h2-6,8H,7H2,1H3,(H,27,32)(H,26,28,30). The highest BCUT2D eigenvalue weighted by atomic mass is 32.1. The maximum absolute atomic E-state index is 14.0. The first-order valence-electron chi connectivity index (χ1n) is 9.40. The third kappa shape index (κ3) is 4.80. The molecule has 2 N–H and O–H groups in total. The number of fused-ring (bicyclic) bond motifs is 1. The van der Waals surface area contributed by atoms with Crippen molar-refractivity contribution >= 4 is 33.3 Å². The normalized spacial score (nSPS) is 11.6. The molecule has 9 nitrogen and oxygen atoms in total. The SMILES string of the molecule is Cn1c(=O)[nH]c2ccnc(CC(=O)Nc3nc(-c4ccc(OC(F)(F)F)c(F)c4)cs3)c2c1=O. The van der Waals surface area contributed by atoms with Gasteiger partial charge in [-0.05, 0) is 24.3 Å². The van der Waals surface area contributed by atoms with Crippen molar-refractivity contribution in [3.63, 3.8) is 0 Å². The number of nitrogens with zero attached hydrogens (tertiary/aromatic N) is 3. The van der Waals surface area contributed by atoms with Crippen LogP contribution in [0.3, 0.4) is 0 Å². The van der Waals surface area contributed by atoms with Crippen molar-refractivity contribution in [2.45, 2.75) is 12.8 Å². The molecule has 0 saturated carbocycles. The van der Waals surface area contributed by atoms with E-state index < -0.39 is 35.1 Å². The lowest BCUT2D eigenvalue weighted by molar-refractivity contribution is -0.275. The first-order valence-corrected chi connectivity index (χ1v) is 10.3. The van der Waals surface area contributed by atoms with Crippen LogP contribution in [0.2, 0.25) is 0 Å². The Morgan fingerprint density at radius 1 is 1.26 bits per heavy atom. The number of nitrogens with one attached hydrogen (secondary N) is 2. The minimum absolute atomic E-state index is 0.0937. The Kier molecular flexibility index (Phi) is 5.91. The molecule has 0 bridgehead atoms. The molecule has 1 amide bonds. The molecule has 4 rings (SSSR count). The van der Waals surface area contributed by atoms with Crippen molar-refractivity contribution < 1.29 is 27.1 Å². The maximum Gasteiger partial charge on any atom is 0.573 e. The first-order chi connectivity index (χ1) is 16.0. The van der Waals surface area contributed by atoms with Gasteiger partial charge in [0.15, 0.2) is 16.7 Å². The average Bonchev–Trinajstić information content (AvgIpc) is 3.21. The highest BCUT2D eigenvalue weighted by molar-refractivity contribution is 7.14. The minimum atomic E-state index is -5.03. The Hall–Kier alpha value is -4.07. The number of anilines is 1. The third-order valence-corrected chi connectivity index (χ3v) is 5.38. The second kappa shape index (κ2) is 8.70. The van der Waals surface area contributed by atoms with Crippen molar-refractivity contribution in [1.29, 1.82) is 0 Å². The molecule has 3 aromatic heterocycles. The fourth-order valence-electron chi connectivity index (χ4n) is 3.09. The first kappa shape index (κ1) is 23.1. The van der Waals surface area contributed by atoms with E-state index in [0.29, 0.717) is 0 Å². The minimum Gasteiger partial charge on any atom is -0.403 e. The number of hydrogen-bond donors (Lipinski definition) is 2. The van der Waals surface area contributed by atoms with Crippen molar-refractivity contribution in [2.24, 2.45) is 7.05 Å². The number of aromatic nitrogens is 4. The Balaban J connectivity index is 1.52. The lowest BCUT2D eigenvalue weighted by Crippen LogP contribution is -2.33. The molecule has 3 heterocycles. The number of carbonyl (C=O) groups is 1. The van der Waals surface area contributed by atoms with Crippen LogP contribution < -0.4 is 21.3 Å². The van der Waals surface area contributed by atoms with Crippen LogP contribution in [0.25, 0.3) is 22.2 Å². The van der Waals surface area contributed by atoms with Crippen LogP contribution in [0.1, 0.15) is 5.69 Å². The highest BCUT2D eigenvalue weighted by Crippen LogP contribution is 2.31. The molecule has 0 radical (unpaired) electrons. The Morgan fingerprint density at radius 3 is 2.74 bits per heavy atom. The fourth-order valence-corrected chi connectivity index (χ4v) is 3.82. The van der Waals surface area contributed by atoms with Gasteiger partial charge in [0.2, 0.25) is 5.91 Å². The van der Waals surface area contributed by atoms with Crippen LogP contribution in [-0.2, 0) is 18.3 Å². The van der Waals surface area contributed by atoms with E-state index in [2.05, 4.69) is 25.0 Å². The zero-order chi connectivity index (χ0) is 24.6. The van der Waals surface area contributed by atoms with Crippen molar-refractivity contribution in [3.05, 3.63) is 68.2 Å². The highest BCUT2D eigenvalue weighted by Gasteiger charge is 2.32. The number of H-pyrrole nitrogens is 1. The molecule has 0 aliphatic rings. The molecule has 0 unspecified atom stereocenters. The summed E-state index contributed by atoms with van der Waals surface area (Å²) in [6.07, 6.45) is -3.98. The Labute approximate surface area is 190 Å². The van der Waals surface area contributed by atoms with E-state index in [1.807, 2.05) is 0 Å². The summed E-state index contributed by atoms with van der Waals surface area (Å²) in [5.74, 6) is -2.76. The average molecular weight is 495 g/mol. The summed E-state index contributed by atoms with van der Waals surface area (Å²) in [5.41, 5.74) is -0.442. The van der Waals surface area contributed by atoms with E-state index in [-0.39, 0.29) is 39.4 Å². The molecule has 14 heteroatoms. The largest absolute Gasteiger partial charge is 0.573 e. The van der Waals surface area contributed by atoms with Crippen LogP contribution in [-0.4, -0.2) is 31.8 Å². The second-order valence-electron chi connectivity index (χ2n) is 6.93. The van der Waals surface area contributed by atoms with Crippen LogP contribution in [0.5, 0.6) is 5.75 Å². The number of pyridine rings is 1. The summed E-state index contributed by atoms with van der Waals surface area (Å²) in [6.45, 7) is 0. The molecule has 176 valence electrons. The van der Waals surface area contributed by atoms with Gasteiger partial charge < -0.3 is 15.0 Å². The number of hydrogen-bond acceptors (Lipinski definition) is 7. The number of benzene rings is 1. The lowest BCUT2D eigenvalue weighted by Gasteiger charge is -2.10. The van der Waals surface area contributed by atoms with Gasteiger partial charge in [0.1, 0.15) is 0 Å². The topological polar surface area (TPSA) is 119 Å². The summed E-state index contributed by atoms with van der Waals surface area (Å²) in [7, 11) is 1.29. The van der Waals surface area contributed by atoms with E-state index in [1.165, 1.54) is 30.8 Å². The van der Waals surface area contributed by atoms with Gasteiger partial charge in [-0.1, -0.05) is 0 Å². The summed E-state index contributed by atoms with van der Waals surface area (Å²) < 4.78 is 55.3. The lowest BCUT2D eigenvalue weighted by atomic mass is 10.1. The van der Waals surface area contributed by atoms with E-state index >= 15 is 0 Å². The number of thiazole rings is 1. The summed E-state index contributed by atoms with van der Waals surface area (Å²) in [5, 5.41) is 4.24. The molecular weight excluding hydrogens is 482 g/mol. The molecule has 34 heavy (non-hydrogen) atoms. The zero-order valence-electron chi connectivity index (χ0n) is 17.1. The fraction of sp³-hybridized carbons (Fsp3) is 0.150. The number of halogens is 4. The summed E-state index contributed by atoms with van der Waals surface area (Å²) >= 11 is 1.00. The van der Waals surface area contributed by atoms with Gasteiger partial charge in [-0.3, -0.25) is 19.1 Å². The quantitative estimate of drug-likeness (QED) is 0.411. The number of aromatic amines is 1. The van der Waals surface area contributed by atoms with Gasteiger partial charge >= 0.3 is 12.1 Å². The van der Waals surface area contributed by atoms with Gasteiger partial charge in [-0.15, -0.1) is 24.5 Å². The van der Waals surface area contributed by atoms with Gasteiger partial charge in [-0.2, -0.15) is 0 Å². The monoisotopic (exact) mass is 495 g/mol. The van der Waals surface area contributed by atoms with Gasteiger partial charge in [0.25, 0.3) is 5.56 Å². The second-order valence-corrected chi connectivity index (χ2v) is 7.79. The van der Waals surface area contributed by atoms with Crippen LogP contribution in [0, 0.1) is 5.82 Å². The van der Waals surface area contributed by atoms with Gasteiger partial charge in [-0.25, -0.2) is 14.2 Å². The summed E-state index contributed by atoms with van der Waals surface area (Å²) in [4.78, 5) is 47.5. The molecule has 0 aliphatic heterocycles. The van der Waals surface area contributed by atoms with Crippen molar-refractivity contribution in [1.82, 2.24) is 19.5 Å². The zero-order valence-corrected chi connectivity index (χ0v) is 17.9. The molecule has 0 atom stereocenters. The van der Waals surface area contributed by atoms with Crippen molar-refractivity contribution in [2.75, 3.05) is 5.32 Å². The molecule has 1 aromatic carbocycles. The molecule has 0 aliphatic carbocycles. The van der Waals surface area contributed by atoms with Gasteiger partial charge in [0, 0.05) is 24.2 Å². The van der Waals surface area contributed by atoms with Crippen LogP contribution in [0.4, 0.5) is 22.7 Å². The molecule has 0 fully saturated rings.